The largest absolute Gasteiger partial charge is 0.481 e. The smallest absolute Gasteiger partial charge is 0.263 e. The molecule has 1 unspecified atom stereocenters. The molecule has 0 aliphatic heterocycles. The van der Waals surface area contributed by atoms with E-state index in [2.05, 4.69) is 0 Å². The first-order valence-electron chi connectivity index (χ1n) is 6.71. The van der Waals surface area contributed by atoms with Crippen molar-refractivity contribution in [1.82, 2.24) is 4.90 Å². The van der Waals surface area contributed by atoms with Crippen LogP contribution in [0.3, 0.4) is 0 Å². The molecule has 1 atom stereocenters. The van der Waals surface area contributed by atoms with Crippen LogP contribution in [0.5, 0.6) is 5.75 Å². The van der Waals surface area contributed by atoms with Gasteiger partial charge in [0.25, 0.3) is 5.91 Å². The van der Waals surface area contributed by atoms with E-state index in [-0.39, 0.29) is 18.6 Å². The molecule has 0 aromatic heterocycles. The van der Waals surface area contributed by atoms with Crippen LogP contribution < -0.4 is 4.74 Å². The summed E-state index contributed by atoms with van der Waals surface area (Å²) in [7, 11) is 0. The summed E-state index contributed by atoms with van der Waals surface area (Å²) in [4.78, 5) is 13.9. The Bertz CT molecular complexity index is 462. The van der Waals surface area contributed by atoms with E-state index < -0.39 is 6.10 Å². The van der Waals surface area contributed by atoms with E-state index >= 15 is 0 Å². The zero-order valence-electron chi connectivity index (χ0n) is 12.4. The van der Waals surface area contributed by atoms with Crippen molar-refractivity contribution in [3.8, 4) is 5.75 Å². The van der Waals surface area contributed by atoms with Crippen LogP contribution in [0.4, 0.5) is 0 Å². The molecule has 5 heteroatoms. The van der Waals surface area contributed by atoms with Gasteiger partial charge in [-0.25, -0.2) is 0 Å². The molecule has 0 saturated heterocycles. The van der Waals surface area contributed by atoms with Crippen LogP contribution in [0.1, 0.15) is 26.3 Å². The summed E-state index contributed by atoms with van der Waals surface area (Å²) in [5.74, 6) is 0.506. The standard InChI is InChI=1S/C15H22ClNO3/c1-10(2)17(7-8-18)15(19)12(4)20-14-6-5-13(16)9-11(14)3/h5-6,9-10,12,18H,7-8H2,1-4H3. The Labute approximate surface area is 125 Å². The molecule has 4 nitrogen and oxygen atoms in total. The normalized spacial score (nSPS) is 12.3. The van der Waals surface area contributed by atoms with Crippen molar-refractivity contribution < 1.29 is 14.6 Å². The van der Waals surface area contributed by atoms with Crippen LogP contribution in [-0.4, -0.2) is 41.2 Å². The number of carbonyl (C=O) groups is 1. The third-order valence-electron chi connectivity index (χ3n) is 3.04. The van der Waals surface area contributed by atoms with E-state index in [0.29, 0.717) is 17.3 Å². The lowest BCUT2D eigenvalue weighted by Crippen LogP contribution is -2.45. The Hall–Kier alpha value is -1.26. The number of aliphatic hydroxyl groups excluding tert-OH is 1. The van der Waals surface area contributed by atoms with Crippen molar-refractivity contribution in [2.45, 2.75) is 39.8 Å². The molecule has 20 heavy (non-hydrogen) atoms. The van der Waals surface area contributed by atoms with Gasteiger partial charge in [-0.05, 0) is 51.5 Å². The van der Waals surface area contributed by atoms with Crippen LogP contribution >= 0.6 is 11.6 Å². The van der Waals surface area contributed by atoms with Gasteiger partial charge in [-0.1, -0.05) is 11.6 Å². The Balaban J connectivity index is 2.78. The van der Waals surface area contributed by atoms with E-state index in [1.807, 2.05) is 20.8 Å². The molecule has 0 spiro atoms. The Kier molecular flexibility index (Phi) is 6.30. The average Bonchev–Trinajstić information content (AvgIpc) is 2.38. The fourth-order valence-corrected chi connectivity index (χ4v) is 2.18. The van der Waals surface area contributed by atoms with Gasteiger partial charge in [0.2, 0.25) is 0 Å². The van der Waals surface area contributed by atoms with Gasteiger partial charge in [-0.2, -0.15) is 0 Å². The number of aliphatic hydroxyl groups is 1. The van der Waals surface area contributed by atoms with Crippen molar-refractivity contribution in [3.05, 3.63) is 28.8 Å². The van der Waals surface area contributed by atoms with Crippen LogP contribution in [0.25, 0.3) is 0 Å². The SMILES string of the molecule is Cc1cc(Cl)ccc1OC(C)C(=O)N(CCO)C(C)C. The predicted octanol–water partition coefficient (Wildman–Crippen LogP) is 2.65. The second-order valence-electron chi connectivity index (χ2n) is 5.02. The molecule has 1 aromatic carbocycles. The van der Waals surface area contributed by atoms with Crippen LogP contribution in [0, 0.1) is 6.92 Å². The molecule has 0 aliphatic carbocycles. The number of nitrogens with zero attached hydrogens (tertiary/aromatic N) is 1. The van der Waals surface area contributed by atoms with E-state index in [0.717, 1.165) is 5.56 Å². The minimum absolute atomic E-state index is 0.0204. The van der Waals surface area contributed by atoms with E-state index in [9.17, 15) is 4.79 Å². The topological polar surface area (TPSA) is 49.8 Å². The zero-order chi connectivity index (χ0) is 15.3. The minimum atomic E-state index is -0.608. The molecule has 1 N–H and O–H groups in total. The van der Waals surface area contributed by atoms with Gasteiger partial charge in [0.15, 0.2) is 6.10 Å². The summed E-state index contributed by atoms with van der Waals surface area (Å²) in [5, 5.41) is 9.67. The van der Waals surface area contributed by atoms with E-state index in [1.165, 1.54) is 0 Å². The number of hydrogen-bond donors (Lipinski definition) is 1. The maximum absolute atomic E-state index is 12.3. The number of hydrogen-bond acceptors (Lipinski definition) is 3. The highest BCUT2D eigenvalue weighted by molar-refractivity contribution is 6.30. The van der Waals surface area contributed by atoms with Gasteiger partial charge in [0, 0.05) is 17.6 Å². The van der Waals surface area contributed by atoms with E-state index in [1.54, 1.807) is 30.0 Å². The average molecular weight is 300 g/mol. The first-order chi connectivity index (χ1) is 9.36. The number of ether oxygens (including phenoxy) is 1. The van der Waals surface area contributed by atoms with Crippen LogP contribution in [0.2, 0.25) is 5.02 Å². The van der Waals surface area contributed by atoms with Crippen molar-refractivity contribution in [3.63, 3.8) is 0 Å². The van der Waals surface area contributed by atoms with Crippen molar-refractivity contribution >= 4 is 17.5 Å². The number of carbonyl (C=O) groups excluding carboxylic acids is 1. The maximum Gasteiger partial charge on any atom is 0.263 e. The summed E-state index contributed by atoms with van der Waals surface area (Å²) in [6.45, 7) is 7.66. The highest BCUT2D eigenvalue weighted by atomic mass is 35.5. The molecule has 1 amide bonds. The Morgan fingerprint density at radius 3 is 2.55 bits per heavy atom. The molecule has 1 rings (SSSR count). The number of aryl methyl sites for hydroxylation is 1. The summed E-state index contributed by atoms with van der Waals surface area (Å²) >= 11 is 5.89. The predicted molar refractivity (Wildman–Crippen MR) is 80.2 cm³/mol. The third kappa shape index (κ3) is 4.39. The summed E-state index contributed by atoms with van der Waals surface area (Å²) < 4.78 is 5.71. The molecule has 112 valence electrons. The highest BCUT2D eigenvalue weighted by Gasteiger charge is 2.24. The number of amides is 1. The molecule has 0 aliphatic rings. The molecule has 0 heterocycles. The number of benzene rings is 1. The van der Waals surface area contributed by atoms with Gasteiger partial charge >= 0.3 is 0 Å². The van der Waals surface area contributed by atoms with Gasteiger partial charge in [0.1, 0.15) is 5.75 Å². The molecule has 0 fully saturated rings. The first-order valence-corrected chi connectivity index (χ1v) is 7.08. The molecule has 0 radical (unpaired) electrons. The highest BCUT2D eigenvalue weighted by Crippen LogP contribution is 2.23. The number of halogens is 1. The molecule has 0 bridgehead atoms. The lowest BCUT2D eigenvalue weighted by atomic mass is 10.2. The summed E-state index contributed by atoms with van der Waals surface area (Å²) in [5.41, 5.74) is 0.885. The third-order valence-corrected chi connectivity index (χ3v) is 3.27. The lowest BCUT2D eigenvalue weighted by molar-refractivity contribution is -0.140. The molecular weight excluding hydrogens is 278 g/mol. The second-order valence-corrected chi connectivity index (χ2v) is 5.46. The van der Waals surface area contributed by atoms with Crippen molar-refractivity contribution in [1.29, 1.82) is 0 Å². The van der Waals surface area contributed by atoms with Gasteiger partial charge in [-0.15, -0.1) is 0 Å². The minimum Gasteiger partial charge on any atom is -0.481 e. The Morgan fingerprint density at radius 2 is 2.05 bits per heavy atom. The van der Waals surface area contributed by atoms with E-state index in [4.69, 9.17) is 21.4 Å². The molecule has 0 saturated carbocycles. The van der Waals surface area contributed by atoms with Gasteiger partial charge in [-0.3, -0.25) is 4.79 Å². The van der Waals surface area contributed by atoms with Gasteiger partial charge in [0.05, 0.1) is 6.61 Å². The van der Waals surface area contributed by atoms with Gasteiger partial charge < -0.3 is 14.7 Å². The fourth-order valence-electron chi connectivity index (χ4n) is 1.95. The fraction of sp³-hybridized carbons (Fsp3) is 0.533. The monoisotopic (exact) mass is 299 g/mol. The first kappa shape index (κ1) is 16.8. The summed E-state index contributed by atoms with van der Waals surface area (Å²) in [6.07, 6.45) is -0.608. The number of rotatable bonds is 6. The molecule has 1 aromatic rings. The summed E-state index contributed by atoms with van der Waals surface area (Å²) in [6, 6.07) is 5.30. The van der Waals surface area contributed by atoms with Crippen molar-refractivity contribution in [2.75, 3.05) is 13.2 Å². The Morgan fingerprint density at radius 1 is 1.40 bits per heavy atom. The maximum atomic E-state index is 12.3. The molecular formula is C15H22ClNO3. The zero-order valence-corrected chi connectivity index (χ0v) is 13.1. The lowest BCUT2D eigenvalue weighted by Gasteiger charge is -2.29. The quantitative estimate of drug-likeness (QED) is 0.878. The van der Waals surface area contributed by atoms with Crippen molar-refractivity contribution in [2.24, 2.45) is 0 Å². The second kappa shape index (κ2) is 7.50. The van der Waals surface area contributed by atoms with Crippen LogP contribution in [-0.2, 0) is 4.79 Å². The van der Waals surface area contributed by atoms with Crippen LogP contribution in [0.15, 0.2) is 18.2 Å².